The van der Waals surface area contributed by atoms with E-state index in [4.69, 9.17) is 26.6 Å². The van der Waals surface area contributed by atoms with Crippen molar-refractivity contribution in [2.24, 2.45) is 5.73 Å². The lowest BCUT2D eigenvalue weighted by Gasteiger charge is -2.34. The summed E-state index contributed by atoms with van der Waals surface area (Å²) >= 11 is 6.00. The molecule has 0 bridgehead atoms. The van der Waals surface area contributed by atoms with Crippen LogP contribution in [0.5, 0.6) is 5.75 Å². The summed E-state index contributed by atoms with van der Waals surface area (Å²) in [4.78, 5) is 4.47. The Morgan fingerprint density at radius 3 is 2.69 bits per heavy atom. The van der Waals surface area contributed by atoms with Crippen molar-refractivity contribution in [3.05, 3.63) is 76.4 Å². The molecule has 1 fully saturated rings. The van der Waals surface area contributed by atoms with Crippen molar-refractivity contribution in [2.45, 2.75) is 37.8 Å². The van der Waals surface area contributed by atoms with Gasteiger partial charge in [-0.15, -0.1) is 0 Å². The molecule has 0 aliphatic heterocycles. The topological polar surface area (TPSA) is 74.2 Å². The van der Waals surface area contributed by atoms with E-state index in [2.05, 4.69) is 10.1 Å². The molecule has 2 N–H and O–H groups in total. The lowest BCUT2D eigenvalue weighted by atomic mass is 9.77. The van der Waals surface area contributed by atoms with Gasteiger partial charge in [-0.3, -0.25) is 0 Å². The van der Waals surface area contributed by atoms with E-state index in [1.54, 1.807) is 0 Å². The van der Waals surface area contributed by atoms with Gasteiger partial charge in [0.1, 0.15) is 12.4 Å². The first-order valence-electron chi connectivity index (χ1n) is 8.69. The minimum absolute atomic E-state index is 0.399. The summed E-state index contributed by atoms with van der Waals surface area (Å²) in [6.45, 7) is 0.463. The van der Waals surface area contributed by atoms with Gasteiger partial charge >= 0.3 is 0 Å². The van der Waals surface area contributed by atoms with E-state index in [1.165, 1.54) is 0 Å². The second-order valence-electron chi connectivity index (χ2n) is 6.76. The zero-order chi connectivity index (χ0) is 18.0. The number of ether oxygens (including phenoxy) is 1. The van der Waals surface area contributed by atoms with Crippen molar-refractivity contribution in [3.63, 3.8) is 0 Å². The Balaban J connectivity index is 1.41. The van der Waals surface area contributed by atoms with Crippen LogP contribution in [0.1, 0.15) is 42.1 Å². The molecule has 0 unspecified atom stereocenters. The first-order chi connectivity index (χ1) is 12.6. The summed E-state index contributed by atoms with van der Waals surface area (Å²) in [7, 11) is 0. The van der Waals surface area contributed by atoms with Crippen LogP contribution in [0.25, 0.3) is 0 Å². The molecule has 1 heterocycles. The van der Waals surface area contributed by atoms with Gasteiger partial charge in [0.25, 0.3) is 0 Å². The van der Waals surface area contributed by atoms with Crippen LogP contribution in [-0.4, -0.2) is 10.1 Å². The first-order valence-corrected chi connectivity index (χ1v) is 9.07. The lowest BCUT2D eigenvalue weighted by molar-refractivity contribution is 0.229. The van der Waals surface area contributed by atoms with Gasteiger partial charge in [-0.05, 0) is 54.7 Å². The van der Waals surface area contributed by atoms with Crippen LogP contribution in [0.4, 0.5) is 0 Å². The highest BCUT2D eigenvalue weighted by molar-refractivity contribution is 6.30. The molecular weight excluding hydrogens is 350 g/mol. The van der Waals surface area contributed by atoms with E-state index in [0.717, 1.165) is 36.1 Å². The number of halogens is 1. The average Bonchev–Trinajstić information content (AvgIpc) is 3.07. The molecular formula is C20H20ClN3O2. The summed E-state index contributed by atoms with van der Waals surface area (Å²) in [5.41, 5.74) is 7.92. The predicted molar refractivity (Wildman–Crippen MR) is 99.0 cm³/mol. The van der Waals surface area contributed by atoms with Crippen molar-refractivity contribution in [1.82, 2.24) is 10.1 Å². The molecule has 4 rings (SSSR count). The van der Waals surface area contributed by atoms with Gasteiger partial charge < -0.3 is 15.0 Å². The molecule has 6 heteroatoms. The summed E-state index contributed by atoms with van der Waals surface area (Å²) in [6.07, 6.45) is 3.50. The highest BCUT2D eigenvalue weighted by Gasteiger charge is 2.38. The Hall–Kier alpha value is -2.37. The van der Waals surface area contributed by atoms with E-state index in [-0.39, 0.29) is 0 Å². The number of benzene rings is 2. The Morgan fingerprint density at radius 2 is 1.92 bits per heavy atom. The fourth-order valence-corrected chi connectivity index (χ4v) is 3.24. The summed E-state index contributed by atoms with van der Waals surface area (Å²) in [5, 5.41) is 4.76. The monoisotopic (exact) mass is 369 g/mol. The quantitative estimate of drug-likeness (QED) is 0.703. The SMILES string of the molecule is NC1(c2noc(Cc3cccc(OCc4cccc(Cl)c4)c3)n2)CCC1. The van der Waals surface area contributed by atoms with Gasteiger partial charge in [0.2, 0.25) is 5.89 Å². The van der Waals surface area contributed by atoms with E-state index in [0.29, 0.717) is 29.8 Å². The molecule has 1 saturated carbocycles. The molecule has 0 radical (unpaired) electrons. The minimum atomic E-state index is -0.399. The molecule has 1 aliphatic rings. The molecule has 0 spiro atoms. The normalized spacial score (nSPS) is 15.5. The summed E-state index contributed by atoms with van der Waals surface area (Å²) < 4.78 is 11.2. The molecule has 5 nitrogen and oxygen atoms in total. The predicted octanol–water partition coefficient (Wildman–Crippen LogP) is 4.23. The highest BCUT2D eigenvalue weighted by Crippen LogP contribution is 2.37. The van der Waals surface area contributed by atoms with Crippen molar-refractivity contribution in [3.8, 4) is 5.75 Å². The van der Waals surface area contributed by atoms with Gasteiger partial charge in [0, 0.05) is 5.02 Å². The van der Waals surface area contributed by atoms with Crippen LogP contribution in [0.2, 0.25) is 5.02 Å². The number of nitrogens with two attached hydrogens (primary N) is 1. The van der Waals surface area contributed by atoms with Gasteiger partial charge in [0.05, 0.1) is 12.0 Å². The van der Waals surface area contributed by atoms with Crippen molar-refractivity contribution < 1.29 is 9.26 Å². The van der Waals surface area contributed by atoms with Crippen molar-refractivity contribution in [1.29, 1.82) is 0 Å². The zero-order valence-corrected chi connectivity index (χ0v) is 15.1. The third kappa shape index (κ3) is 3.74. The molecule has 2 aromatic carbocycles. The van der Waals surface area contributed by atoms with Crippen LogP contribution in [0, 0.1) is 0 Å². The van der Waals surface area contributed by atoms with Crippen molar-refractivity contribution in [2.75, 3.05) is 0 Å². The third-order valence-electron chi connectivity index (χ3n) is 4.71. The van der Waals surface area contributed by atoms with E-state index in [1.807, 2.05) is 48.5 Å². The zero-order valence-electron chi connectivity index (χ0n) is 14.3. The fraction of sp³-hybridized carbons (Fsp3) is 0.300. The van der Waals surface area contributed by atoms with Crippen molar-refractivity contribution >= 4 is 11.6 Å². The third-order valence-corrected chi connectivity index (χ3v) is 4.94. The molecule has 0 atom stereocenters. The smallest absolute Gasteiger partial charge is 0.231 e. The number of rotatable bonds is 6. The minimum Gasteiger partial charge on any atom is -0.489 e. The number of nitrogens with zero attached hydrogens (tertiary/aromatic N) is 2. The van der Waals surface area contributed by atoms with Crippen LogP contribution in [0.15, 0.2) is 53.1 Å². The summed E-state index contributed by atoms with van der Waals surface area (Å²) in [6, 6.07) is 15.5. The molecule has 26 heavy (non-hydrogen) atoms. The van der Waals surface area contributed by atoms with Crippen LogP contribution < -0.4 is 10.5 Å². The number of hydrogen-bond acceptors (Lipinski definition) is 5. The maximum atomic E-state index is 6.25. The van der Waals surface area contributed by atoms with Crippen LogP contribution in [0.3, 0.4) is 0 Å². The largest absolute Gasteiger partial charge is 0.489 e. The van der Waals surface area contributed by atoms with Gasteiger partial charge in [-0.2, -0.15) is 4.98 Å². The van der Waals surface area contributed by atoms with Crippen LogP contribution >= 0.6 is 11.6 Å². The van der Waals surface area contributed by atoms with Gasteiger partial charge in [0.15, 0.2) is 5.82 Å². The number of aromatic nitrogens is 2. The highest BCUT2D eigenvalue weighted by atomic mass is 35.5. The Kier molecular flexibility index (Phi) is 4.66. The Bertz CT molecular complexity index is 905. The summed E-state index contributed by atoms with van der Waals surface area (Å²) in [5.74, 6) is 1.98. The Morgan fingerprint density at radius 1 is 1.12 bits per heavy atom. The molecule has 1 aromatic heterocycles. The standard InChI is InChI=1S/C20H20ClN3O2/c21-16-6-1-5-15(10-16)13-25-17-7-2-4-14(11-17)12-18-23-19(24-26-18)20(22)8-3-9-20/h1-2,4-7,10-11H,3,8-9,12-13,22H2. The van der Waals surface area contributed by atoms with E-state index in [9.17, 15) is 0 Å². The number of hydrogen-bond donors (Lipinski definition) is 1. The first kappa shape index (κ1) is 17.1. The van der Waals surface area contributed by atoms with E-state index < -0.39 is 5.54 Å². The lowest BCUT2D eigenvalue weighted by Crippen LogP contribution is -2.44. The molecule has 134 valence electrons. The van der Waals surface area contributed by atoms with Gasteiger partial charge in [-0.1, -0.05) is 41.0 Å². The average molecular weight is 370 g/mol. The molecule has 0 amide bonds. The molecule has 1 aliphatic carbocycles. The van der Waals surface area contributed by atoms with Crippen LogP contribution in [-0.2, 0) is 18.6 Å². The van der Waals surface area contributed by atoms with Gasteiger partial charge in [-0.25, -0.2) is 0 Å². The maximum absolute atomic E-state index is 6.25. The second kappa shape index (κ2) is 7.09. The second-order valence-corrected chi connectivity index (χ2v) is 7.20. The van der Waals surface area contributed by atoms with E-state index >= 15 is 0 Å². The fourth-order valence-electron chi connectivity index (χ4n) is 3.02. The molecule has 0 saturated heterocycles. The Labute approximate surface area is 157 Å². The molecule has 3 aromatic rings. The maximum Gasteiger partial charge on any atom is 0.231 e.